The van der Waals surface area contributed by atoms with E-state index in [1.807, 2.05) is 19.1 Å². The zero-order valence-corrected chi connectivity index (χ0v) is 10.7. The van der Waals surface area contributed by atoms with Crippen LogP contribution in [-0.4, -0.2) is 11.8 Å². The Hall–Kier alpha value is -1.90. The van der Waals surface area contributed by atoms with Gasteiger partial charge in [0.05, 0.1) is 6.42 Å². The first-order chi connectivity index (χ1) is 8.65. The zero-order chi connectivity index (χ0) is 13.1. The number of hydrogen-bond acceptors (Lipinski definition) is 2. The second-order valence-electron chi connectivity index (χ2n) is 4.42. The third kappa shape index (κ3) is 2.35. The smallest absolute Gasteiger partial charge is 0.254 e. The van der Waals surface area contributed by atoms with Crippen molar-refractivity contribution in [1.29, 1.82) is 0 Å². The van der Waals surface area contributed by atoms with E-state index in [0.717, 1.165) is 24.0 Å². The first-order valence-electron chi connectivity index (χ1n) is 6.31. The number of amides is 2. The van der Waals surface area contributed by atoms with E-state index in [9.17, 15) is 9.59 Å². The van der Waals surface area contributed by atoms with Crippen molar-refractivity contribution in [3.63, 3.8) is 0 Å². The Morgan fingerprint density at radius 2 is 1.83 bits per heavy atom. The number of imide groups is 1. The summed E-state index contributed by atoms with van der Waals surface area (Å²) in [6, 6.07) is 8.20. The molecule has 1 fully saturated rings. The number of nitrogens with one attached hydrogen (secondary N) is 1. The average molecular weight is 243 g/mol. The number of rotatable bonds is 3. The van der Waals surface area contributed by atoms with Crippen LogP contribution in [0.1, 0.15) is 37.8 Å². The molecule has 0 radical (unpaired) electrons. The maximum Gasteiger partial charge on any atom is 0.254 e. The van der Waals surface area contributed by atoms with Crippen molar-refractivity contribution in [2.45, 2.75) is 33.1 Å². The summed E-state index contributed by atoms with van der Waals surface area (Å²) in [5.74, 6) is -0.442. The molecule has 3 nitrogen and oxygen atoms in total. The fourth-order valence-corrected chi connectivity index (χ4v) is 2.26. The van der Waals surface area contributed by atoms with E-state index in [0.29, 0.717) is 5.57 Å². The van der Waals surface area contributed by atoms with Crippen molar-refractivity contribution in [3.8, 4) is 0 Å². The molecule has 3 heteroatoms. The van der Waals surface area contributed by atoms with E-state index in [1.54, 1.807) is 0 Å². The van der Waals surface area contributed by atoms with Crippen LogP contribution in [0, 0.1) is 0 Å². The molecular formula is C15H17NO2. The molecule has 0 unspecified atom stereocenters. The normalized spacial score (nSPS) is 17.9. The van der Waals surface area contributed by atoms with Gasteiger partial charge in [-0.1, -0.05) is 38.1 Å². The molecule has 1 aliphatic rings. The van der Waals surface area contributed by atoms with Crippen molar-refractivity contribution in [1.82, 2.24) is 5.32 Å². The molecule has 1 saturated heterocycles. The maximum absolute atomic E-state index is 11.7. The SMILES string of the molecule is CC/C(=C1\CC(=O)NC1=O)c1ccc(CC)cc1. The van der Waals surface area contributed by atoms with Gasteiger partial charge in [0, 0.05) is 5.57 Å². The van der Waals surface area contributed by atoms with Gasteiger partial charge in [-0.25, -0.2) is 0 Å². The van der Waals surface area contributed by atoms with Gasteiger partial charge in [-0.15, -0.1) is 0 Å². The molecule has 0 atom stereocenters. The molecule has 1 aromatic rings. The van der Waals surface area contributed by atoms with Crippen LogP contribution in [-0.2, 0) is 16.0 Å². The highest BCUT2D eigenvalue weighted by Crippen LogP contribution is 2.27. The molecule has 1 N–H and O–H groups in total. The molecule has 2 rings (SSSR count). The van der Waals surface area contributed by atoms with Crippen molar-refractivity contribution in [2.75, 3.05) is 0 Å². The Kier molecular flexibility index (Phi) is 3.60. The molecule has 1 aromatic carbocycles. The summed E-state index contributed by atoms with van der Waals surface area (Å²) in [7, 11) is 0. The number of aryl methyl sites for hydroxylation is 1. The van der Waals surface area contributed by atoms with E-state index >= 15 is 0 Å². The van der Waals surface area contributed by atoms with E-state index < -0.39 is 0 Å². The first kappa shape index (κ1) is 12.6. The largest absolute Gasteiger partial charge is 0.292 e. The quantitative estimate of drug-likeness (QED) is 0.654. The van der Waals surface area contributed by atoms with Gasteiger partial charge >= 0.3 is 0 Å². The number of carbonyl (C=O) groups is 2. The van der Waals surface area contributed by atoms with Crippen LogP contribution in [0.4, 0.5) is 0 Å². The number of benzene rings is 1. The lowest BCUT2D eigenvalue weighted by molar-refractivity contribution is -0.124. The highest BCUT2D eigenvalue weighted by atomic mass is 16.2. The third-order valence-electron chi connectivity index (χ3n) is 3.29. The molecule has 0 spiro atoms. The Labute approximate surface area is 107 Å². The van der Waals surface area contributed by atoms with Gasteiger partial charge in [0.2, 0.25) is 5.91 Å². The standard InChI is InChI=1S/C15H17NO2/c1-3-10-5-7-11(8-6-10)12(4-2)13-9-14(17)16-15(13)18/h5-8H,3-4,9H2,1-2H3,(H,16,17,18)/b13-12-. The molecule has 1 heterocycles. The lowest BCUT2D eigenvalue weighted by Gasteiger charge is -2.08. The number of carbonyl (C=O) groups excluding carboxylic acids is 2. The minimum Gasteiger partial charge on any atom is -0.292 e. The van der Waals surface area contributed by atoms with Gasteiger partial charge in [-0.2, -0.15) is 0 Å². The van der Waals surface area contributed by atoms with Crippen molar-refractivity contribution >= 4 is 17.4 Å². The van der Waals surface area contributed by atoms with Crippen LogP contribution in [0.3, 0.4) is 0 Å². The van der Waals surface area contributed by atoms with Gasteiger partial charge in [0.25, 0.3) is 5.91 Å². The van der Waals surface area contributed by atoms with Crippen LogP contribution in [0.25, 0.3) is 5.57 Å². The van der Waals surface area contributed by atoms with Crippen LogP contribution >= 0.6 is 0 Å². The summed E-state index contributed by atoms with van der Waals surface area (Å²) in [5, 5.41) is 2.34. The van der Waals surface area contributed by atoms with Crippen molar-refractivity contribution in [3.05, 3.63) is 41.0 Å². The molecule has 0 aliphatic carbocycles. The highest BCUT2D eigenvalue weighted by molar-refractivity contribution is 6.17. The van der Waals surface area contributed by atoms with Gasteiger partial charge in [-0.3, -0.25) is 14.9 Å². The van der Waals surface area contributed by atoms with E-state index in [1.165, 1.54) is 5.56 Å². The average Bonchev–Trinajstić information content (AvgIpc) is 2.70. The molecule has 0 bridgehead atoms. The fourth-order valence-electron chi connectivity index (χ4n) is 2.26. The second kappa shape index (κ2) is 5.17. The zero-order valence-electron chi connectivity index (χ0n) is 10.7. The lowest BCUT2D eigenvalue weighted by Crippen LogP contribution is -2.19. The van der Waals surface area contributed by atoms with Crippen LogP contribution < -0.4 is 5.32 Å². The van der Waals surface area contributed by atoms with Gasteiger partial charge in [0.15, 0.2) is 0 Å². The Morgan fingerprint density at radius 3 is 2.28 bits per heavy atom. The molecule has 0 aromatic heterocycles. The molecule has 1 aliphatic heterocycles. The lowest BCUT2D eigenvalue weighted by atomic mass is 9.95. The van der Waals surface area contributed by atoms with Crippen LogP contribution in [0.5, 0.6) is 0 Å². The van der Waals surface area contributed by atoms with Crippen LogP contribution in [0.2, 0.25) is 0 Å². The summed E-state index contributed by atoms with van der Waals surface area (Å²) in [4.78, 5) is 22.9. The second-order valence-corrected chi connectivity index (χ2v) is 4.42. The highest BCUT2D eigenvalue weighted by Gasteiger charge is 2.26. The van der Waals surface area contributed by atoms with E-state index in [4.69, 9.17) is 0 Å². The minimum absolute atomic E-state index is 0.203. The Morgan fingerprint density at radius 1 is 1.17 bits per heavy atom. The monoisotopic (exact) mass is 243 g/mol. The minimum atomic E-state index is -0.239. The van der Waals surface area contributed by atoms with E-state index in [2.05, 4.69) is 24.4 Å². The maximum atomic E-state index is 11.7. The predicted octanol–water partition coefficient (Wildman–Crippen LogP) is 2.46. The molecule has 18 heavy (non-hydrogen) atoms. The molecular weight excluding hydrogens is 226 g/mol. The van der Waals surface area contributed by atoms with Crippen molar-refractivity contribution in [2.24, 2.45) is 0 Å². The summed E-state index contributed by atoms with van der Waals surface area (Å²) >= 11 is 0. The van der Waals surface area contributed by atoms with Crippen LogP contribution in [0.15, 0.2) is 29.8 Å². The summed E-state index contributed by atoms with van der Waals surface area (Å²) in [6.45, 7) is 4.11. The number of allylic oxidation sites excluding steroid dienone is 1. The third-order valence-corrected chi connectivity index (χ3v) is 3.29. The molecule has 0 saturated carbocycles. The van der Waals surface area contributed by atoms with Gasteiger partial charge in [-0.05, 0) is 29.5 Å². The van der Waals surface area contributed by atoms with Gasteiger partial charge < -0.3 is 0 Å². The van der Waals surface area contributed by atoms with E-state index in [-0.39, 0.29) is 18.2 Å². The van der Waals surface area contributed by atoms with Gasteiger partial charge in [0.1, 0.15) is 0 Å². The Balaban J connectivity index is 2.41. The first-order valence-corrected chi connectivity index (χ1v) is 6.31. The fraction of sp³-hybridized carbons (Fsp3) is 0.333. The molecule has 94 valence electrons. The summed E-state index contributed by atoms with van der Waals surface area (Å²) in [5.41, 5.74) is 3.90. The summed E-state index contributed by atoms with van der Waals surface area (Å²) in [6.07, 6.45) is 1.95. The van der Waals surface area contributed by atoms with Crippen molar-refractivity contribution < 1.29 is 9.59 Å². The Bertz CT molecular complexity index is 512. The topological polar surface area (TPSA) is 46.2 Å². The summed E-state index contributed by atoms with van der Waals surface area (Å²) < 4.78 is 0. The molecule has 2 amide bonds. The number of hydrogen-bond donors (Lipinski definition) is 1. The predicted molar refractivity (Wildman–Crippen MR) is 70.8 cm³/mol.